The number of oxazole rings is 1. The Bertz CT molecular complexity index is 1430. The van der Waals surface area contributed by atoms with Gasteiger partial charge in [0.05, 0.1) is 7.11 Å². The molecule has 1 aromatic carbocycles. The third-order valence-electron chi connectivity index (χ3n) is 9.87. The van der Waals surface area contributed by atoms with Gasteiger partial charge in [0, 0.05) is 36.6 Å². The number of carbonyl (C=O) groups is 2. The van der Waals surface area contributed by atoms with Crippen LogP contribution in [-0.4, -0.2) is 40.6 Å². The topological polar surface area (TPSA) is 106 Å². The van der Waals surface area contributed by atoms with Crippen LogP contribution in [0, 0.1) is 24.7 Å². The molecule has 3 aliphatic carbocycles. The zero-order valence-corrected chi connectivity index (χ0v) is 25.3. The first-order valence-electron chi connectivity index (χ1n) is 16.0. The van der Waals surface area contributed by atoms with Gasteiger partial charge in [-0.05, 0) is 118 Å². The van der Waals surface area contributed by atoms with Crippen molar-refractivity contribution in [3.63, 3.8) is 0 Å². The Labute approximate surface area is 253 Å². The molecule has 0 atom stereocenters. The van der Waals surface area contributed by atoms with Crippen LogP contribution in [0.4, 0.5) is 5.82 Å². The van der Waals surface area contributed by atoms with Crippen LogP contribution in [0.2, 0.25) is 0 Å². The number of amides is 1. The number of nitrogens with zero attached hydrogens (tertiary/aromatic N) is 3. The number of aryl methyl sites for hydroxylation is 1. The number of pyridine rings is 1. The lowest BCUT2D eigenvalue weighted by Crippen LogP contribution is -2.42. The molecule has 43 heavy (non-hydrogen) atoms. The van der Waals surface area contributed by atoms with Crippen LogP contribution in [0.5, 0.6) is 5.75 Å². The minimum atomic E-state index is -0.754. The van der Waals surface area contributed by atoms with E-state index in [-0.39, 0.29) is 24.2 Å². The molecule has 2 aromatic heterocycles. The highest BCUT2D eigenvalue weighted by molar-refractivity contribution is 5.94. The van der Waals surface area contributed by atoms with Gasteiger partial charge in [-0.15, -0.1) is 0 Å². The fourth-order valence-electron chi connectivity index (χ4n) is 7.13. The molecule has 0 bridgehead atoms. The molecule has 3 fully saturated rings. The lowest BCUT2D eigenvalue weighted by atomic mass is 9.77. The molecule has 0 aliphatic heterocycles. The highest BCUT2D eigenvalue weighted by Gasteiger charge is 2.34. The minimum absolute atomic E-state index is 0.109. The molecule has 3 aliphatic rings. The van der Waals surface area contributed by atoms with Gasteiger partial charge in [-0.3, -0.25) is 14.5 Å². The van der Waals surface area contributed by atoms with E-state index in [1.54, 1.807) is 19.6 Å². The Morgan fingerprint density at radius 1 is 0.953 bits per heavy atom. The smallest absolute Gasteiger partial charge is 0.303 e. The van der Waals surface area contributed by atoms with E-state index in [4.69, 9.17) is 19.1 Å². The van der Waals surface area contributed by atoms with E-state index in [0.717, 1.165) is 87.1 Å². The zero-order valence-electron chi connectivity index (χ0n) is 25.3. The first kappa shape index (κ1) is 29.4. The molecule has 0 saturated heterocycles. The molecule has 3 aromatic rings. The lowest BCUT2D eigenvalue weighted by molar-refractivity contribution is -0.138. The van der Waals surface area contributed by atoms with Gasteiger partial charge in [-0.25, -0.2) is 9.97 Å². The molecule has 1 amide bonds. The normalized spacial score (nSPS) is 24.0. The average molecular weight is 586 g/mol. The van der Waals surface area contributed by atoms with Crippen molar-refractivity contribution >= 4 is 17.7 Å². The second-order valence-electron chi connectivity index (χ2n) is 13.0. The van der Waals surface area contributed by atoms with Crippen LogP contribution in [0.3, 0.4) is 0 Å². The summed E-state index contributed by atoms with van der Waals surface area (Å²) in [4.78, 5) is 36.8. The molecule has 228 valence electrons. The molecule has 0 radical (unpaired) electrons. The number of carboxylic acid groups (broad SMARTS) is 1. The van der Waals surface area contributed by atoms with Crippen molar-refractivity contribution in [1.29, 1.82) is 0 Å². The summed E-state index contributed by atoms with van der Waals surface area (Å²) in [6.45, 7) is 2.74. The second-order valence-corrected chi connectivity index (χ2v) is 13.0. The molecule has 8 heteroatoms. The standard InChI is InChI=1S/C35H43N3O5/c1-22-17-28(13-14-31(22)42-2)25-7-5-24(6-8-25)20-38(35(41)27-9-3-23(4-10-27)18-33(39)40)32-19-29(15-16-36-32)30-21-43-34(37-30)26-11-12-26/h13-17,19,21,23-27H,3-12,18,20H2,1-2H3,(H,39,40). The van der Waals surface area contributed by atoms with E-state index >= 15 is 0 Å². The van der Waals surface area contributed by atoms with Crippen LogP contribution in [0.1, 0.15) is 99.5 Å². The van der Waals surface area contributed by atoms with Crippen molar-refractivity contribution in [3.8, 4) is 17.0 Å². The number of aliphatic carboxylic acids is 1. The number of hydrogen-bond donors (Lipinski definition) is 1. The number of rotatable bonds is 10. The van der Waals surface area contributed by atoms with E-state index in [2.05, 4.69) is 25.1 Å². The summed E-state index contributed by atoms with van der Waals surface area (Å²) in [5.74, 6) is 3.13. The average Bonchev–Trinajstić information content (AvgIpc) is 3.76. The Morgan fingerprint density at radius 2 is 1.67 bits per heavy atom. The maximum atomic E-state index is 14.2. The monoisotopic (exact) mass is 585 g/mol. The van der Waals surface area contributed by atoms with Gasteiger partial charge < -0.3 is 14.3 Å². The number of methoxy groups -OCH3 is 1. The second kappa shape index (κ2) is 12.9. The Morgan fingerprint density at radius 3 is 2.35 bits per heavy atom. The number of aromatic nitrogens is 2. The number of ether oxygens (including phenoxy) is 1. The van der Waals surface area contributed by atoms with E-state index in [9.17, 15) is 14.7 Å². The van der Waals surface area contributed by atoms with E-state index in [1.807, 2.05) is 17.0 Å². The maximum Gasteiger partial charge on any atom is 0.303 e. The summed E-state index contributed by atoms with van der Waals surface area (Å²) < 4.78 is 11.2. The molecule has 8 nitrogen and oxygen atoms in total. The largest absolute Gasteiger partial charge is 0.496 e. The van der Waals surface area contributed by atoms with Crippen LogP contribution < -0.4 is 9.64 Å². The Hall–Kier alpha value is -3.68. The van der Waals surface area contributed by atoms with Crippen molar-refractivity contribution in [2.24, 2.45) is 17.8 Å². The summed E-state index contributed by atoms with van der Waals surface area (Å²) in [5, 5.41) is 9.24. The van der Waals surface area contributed by atoms with Crippen LogP contribution >= 0.6 is 0 Å². The Balaban J connectivity index is 1.18. The van der Waals surface area contributed by atoms with Crippen molar-refractivity contribution in [3.05, 3.63) is 59.8 Å². The van der Waals surface area contributed by atoms with Gasteiger partial charge in [0.15, 0.2) is 5.89 Å². The predicted molar refractivity (Wildman–Crippen MR) is 164 cm³/mol. The highest BCUT2D eigenvalue weighted by atomic mass is 16.5. The summed E-state index contributed by atoms with van der Waals surface area (Å²) in [6, 6.07) is 10.4. The first-order chi connectivity index (χ1) is 20.9. The molecule has 1 N–H and O–H groups in total. The van der Waals surface area contributed by atoms with E-state index < -0.39 is 5.97 Å². The SMILES string of the molecule is COc1ccc(C2CCC(CN(C(=O)C3CCC(CC(=O)O)CC3)c3cc(-c4coc(C5CC5)n4)ccn3)CC2)cc1C. The molecular formula is C35H43N3O5. The van der Waals surface area contributed by atoms with Crippen molar-refractivity contribution in [2.45, 2.75) is 89.4 Å². The first-order valence-corrected chi connectivity index (χ1v) is 16.0. The van der Waals surface area contributed by atoms with Crippen molar-refractivity contribution in [1.82, 2.24) is 9.97 Å². The van der Waals surface area contributed by atoms with Gasteiger partial charge in [-0.2, -0.15) is 0 Å². The van der Waals surface area contributed by atoms with Gasteiger partial charge in [-0.1, -0.05) is 12.1 Å². The van der Waals surface area contributed by atoms with Gasteiger partial charge in [0.25, 0.3) is 0 Å². The summed E-state index contributed by atoms with van der Waals surface area (Å²) in [5.41, 5.74) is 4.22. The van der Waals surface area contributed by atoms with E-state index in [0.29, 0.717) is 30.1 Å². The number of carboxylic acids is 1. The summed E-state index contributed by atoms with van der Waals surface area (Å²) in [6.07, 6.45) is 13.2. The van der Waals surface area contributed by atoms with Crippen LogP contribution in [0.15, 0.2) is 47.2 Å². The third kappa shape index (κ3) is 6.94. The van der Waals surface area contributed by atoms with Crippen molar-refractivity contribution < 1.29 is 23.8 Å². The quantitative estimate of drug-likeness (QED) is 0.262. The molecule has 3 saturated carbocycles. The van der Waals surface area contributed by atoms with Gasteiger partial charge in [0.2, 0.25) is 5.91 Å². The molecule has 0 unspecified atom stereocenters. The molecular weight excluding hydrogens is 542 g/mol. The number of hydrogen-bond acceptors (Lipinski definition) is 6. The summed E-state index contributed by atoms with van der Waals surface area (Å²) in [7, 11) is 1.71. The van der Waals surface area contributed by atoms with Gasteiger partial charge in [0.1, 0.15) is 23.5 Å². The maximum absolute atomic E-state index is 14.2. The van der Waals surface area contributed by atoms with Crippen LogP contribution in [-0.2, 0) is 9.59 Å². The number of carbonyl (C=O) groups excluding carboxylic acids is 1. The van der Waals surface area contributed by atoms with Crippen molar-refractivity contribution in [2.75, 3.05) is 18.6 Å². The zero-order chi connectivity index (χ0) is 29.9. The Kier molecular flexibility index (Phi) is 8.82. The predicted octanol–water partition coefficient (Wildman–Crippen LogP) is 7.52. The fourth-order valence-corrected chi connectivity index (χ4v) is 7.13. The molecule has 6 rings (SSSR count). The van der Waals surface area contributed by atoms with Gasteiger partial charge >= 0.3 is 5.97 Å². The molecule has 2 heterocycles. The van der Waals surface area contributed by atoms with Crippen LogP contribution in [0.25, 0.3) is 11.3 Å². The molecule has 0 spiro atoms. The summed E-state index contributed by atoms with van der Waals surface area (Å²) >= 11 is 0. The lowest BCUT2D eigenvalue weighted by Gasteiger charge is -2.35. The fraction of sp³-hybridized carbons (Fsp3) is 0.543. The minimum Gasteiger partial charge on any atom is -0.496 e. The third-order valence-corrected chi connectivity index (χ3v) is 9.87. The van der Waals surface area contributed by atoms with E-state index in [1.165, 1.54) is 11.1 Å². The number of benzene rings is 1. The number of anilines is 1. The highest BCUT2D eigenvalue weighted by Crippen LogP contribution is 2.41.